The number of nitrogens with zero attached hydrogens (tertiary/aromatic N) is 5. The van der Waals surface area contributed by atoms with Crippen LogP contribution in [0.15, 0.2) is 49.1 Å². The average Bonchev–Trinajstić information content (AvgIpc) is 3.42. The molecule has 0 saturated carbocycles. The highest BCUT2D eigenvalue weighted by molar-refractivity contribution is 6.36. The van der Waals surface area contributed by atoms with Gasteiger partial charge in [-0.2, -0.15) is 0 Å². The van der Waals surface area contributed by atoms with Crippen molar-refractivity contribution in [3.63, 3.8) is 0 Å². The van der Waals surface area contributed by atoms with Crippen molar-refractivity contribution in [3.8, 4) is 28.5 Å². The Morgan fingerprint density at radius 2 is 1.89 bits per heavy atom. The molecule has 0 amide bonds. The second kappa shape index (κ2) is 12.3. The number of hydrogen-bond acceptors (Lipinski definition) is 10. The Bertz CT molecular complexity index is 1370. The molecule has 0 aliphatic heterocycles. The summed E-state index contributed by atoms with van der Waals surface area (Å²) in [6.07, 6.45) is 6.49. The lowest BCUT2D eigenvalue weighted by Gasteiger charge is -2.12. The average molecular weight is 544 g/mol. The number of halogens is 2. The molecule has 0 fully saturated rings. The van der Waals surface area contributed by atoms with E-state index in [1.54, 1.807) is 43.8 Å². The number of nitro groups is 1. The Kier molecular flexibility index (Phi) is 8.67. The summed E-state index contributed by atoms with van der Waals surface area (Å²) in [7, 11) is 1.76. The maximum absolute atomic E-state index is 11.4. The third-order valence-electron chi connectivity index (χ3n) is 5.09. The fraction of sp³-hybridized carbons (Fsp3) is 0.217. The van der Waals surface area contributed by atoms with Crippen molar-refractivity contribution in [3.05, 3.63) is 69.2 Å². The van der Waals surface area contributed by atoms with Crippen LogP contribution < -0.4 is 20.7 Å². The number of aromatic nitrogens is 5. The van der Waals surface area contributed by atoms with E-state index in [1.807, 2.05) is 0 Å². The van der Waals surface area contributed by atoms with Gasteiger partial charge in [-0.25, -0.2) is 19.9 Å². The fourth-order valence-corrected chi connectivity index (χ4v) is 3.85. The van der Waals surface area contributed by atoms with Crippen molar-refractivity contribution in [2.45, 2.75) is 0 Å². The molecule has 3 aromatic heterocycles. The summed E-state index contributed by atoms with van der Waals surface area (Å²) in [5.74, 6) is 0.944. The van der Waals surface area contributed by atoms with Crippen LogP contribution in [-0.4, -0.2) is 63.1 Å². The lowest BCUT2D eigenvalue weighted by Crippen LogP contribution is -2.17. The smallest absolute Gasteiger partial charge is 0.333 e. The molecule has 4 rings (SSSR count). The van der Waals surface area contributed by atoms with E-state index in [-0.39, 0.29) is 18.2 Å². The third-order valence-corrected chi connectivity index (χ3v) is 5.63. The zero-order valence-corrected chi connectivity index (χ0v) is 21.2. The third kappa shape index (κ3) is 6.61. The number of benzene rings is 1. The summed E-state index contributed by atoms with van der Waals surface area (Å²) in [6, 6.07) is 6.56. The SMILES string of the molecule is CNCCOc1ncc(NCCNc2ncc(-c3ncc[nH]3)c(-c3ccc(Cl)cc3Cl)n2)cc1[N+](=O)[O-]. The van der Waals surface area contributed by atoms with Gasteiger partial charge >= 0.3 is 5.69 Å². The minimum absolute atomic E-state index is 0.0256. The van der Waals surface area contributed by atoms with Gasteiger partial charge in [0, 0.05) is 54.9 Å². The topological polar surface area (TPSA) is 156 Å². The molecular weight excluding hydrogens is 521 g/mol. The van der Waals surface area contributed by atoms with Crippen molar-refractivity contribution in [2.75, 3.05) is 43.9 Å². The van der Waals surface area contributed by atoms with Crippen LogP contribution in [0.4, 0.5) is 17.3 Å². The number of pyridine rings is 1. The van der Waals surface area contributed by atoms with E-state index in [4.69, 9.17) is 27.9 Å². The van der Waals surface area contributed by atoms with Crippen LogP contribution in [0, 0.1) is 10.1 Å². The van der Waals surface area contributed by atoms with Gasteiger partial charge in [-0.1, -0.05) is 23.2 Å². The molecule has 192 valence electrons. The number of anilines is 2. The number of imidazole rings is 1. The van der Waals surface area contributed by atoms with Crippen LogP contribution in [0.1, 0.15) is 0 Å². The van der Waals surface area contributed by atoms with Crippen LogP contribution in [0.25, 0.3) is 22.6 Å². The first-order valence-electron chi connectivity index (χ1n) is 11.2. The molecule has 0 radical (unpaired) electrons. The summed E-state index contributed by atoms with van der Waals surface area (Å²) >= 11 is 12.5. The summed E-state index contributed by atoms with van der Waals surface area (Å²) in [5.41, 5.74) is 2.20. The maximum atomic E-state index is 11.4. The van der Waals surface area contributed by atoms with Crippen molar-refractivity contribution in [1.29, 1.82) is 0 Å². The normalized spacial score (nSPS) is 10.8. The van der Waals surface area contributed by atoms with Crippen molar-refractivity contribution < 1.29 is 9.66 Å². The molecule has 4 aromatic rings. The highest BCUT2D eigenvalue weighted by Gasteiger charge is 2.18. The molecule has 14 heteroatoms. The molecular formula is C23H23Cl2N9O3. The Labute approximate surface area is 222 Å². The number of nitrogens with one attached hydrogen (secondary N) is 4. The Morgan fingerprint density at radius 1 is 1.05 bits per heavy atom. The van der Waals surface area contributed by atoms with Gasteiger partial charge in [0.15, 0.2) is 0 Å². The monoisotopic (exact) mass is 543 g/mol. The Balaban J connectivity index is 1.45. The quantitative estimate of drug-likeness (QED) is 0.115. The van der Waals surface area contributed by atoms with E-state index >= 15 is 0 Å². The number of ether oxygens (including phenoxy) is 1. The van der Waals surface area contributed by atoms with Crippen LogP contribution in [-0.2, 0) is 0 Å². The molecule has 0 saturated heterocycles. The molecule has 0 aliphatic carbocycles. The largest absolute Gasteiger partial charge is 0.471 e. The first-order chi connectivity index (χ1) is 18.0. The number of rotatable bonds is 12. The highest BCUT2D eigenvalue weighted by Crippen LogP contribution is 2.35. The Morgan fingerprint density at radius 3 is 2.62 bits per heavy atom. The standard InChI is InChI=1S/C23H23Cl2N9O3/c1-26-8-9-37-22-19(34(35)36)11-15(12-31-22)27-4-7-30-23-32-13-17(21-28-5-6-29-21)20(33-23)16-3-2-14(24)10-18(16)25/h2-3,5-6,10-13,26-27H,4,7-9H2,1H3,(H,28,29)(H,30,32,33). The number of hydrogen-bond donors (Lipinski definition) is 4. The van der Waals surface area contributed by atoms with Gasteiger partial charge in [0.1, 0.15) is 12.4 Å². The second-order valence-corrected chi connectivity index (χ2v) is 8.47. The lowest BCUT2D eigenvalue weighted by molar-refractivity contribution is -0.386. The number of likely N-dealkylation sites (N-methyl/N-ethyl adjacent to an activating group) is 1. The van der Waals surface area contributed by atoms with E-state index in [9.17, 15) is 10.1 Å². The van der Waals surface area contributed by atoms with Gasteiger partial charge < -0.3 is 25.7 Å². The van der Waals surface area contributed by atoms with Crippen LogP contribution in [0.3, 0.4) is 0 Å². The second-order valence-electron chi connectivity index (χ2n) is 7.63. The lowest BCUT2D eigenvalue weighted by atomic mass is 10.1. The highest BCUT2D eigenvalue weighted by atomic mass is 35.5. The van der Waals surface area contributed by atoms with Gasteiger partial charge in [-0.15, -0.1) is 0 Å². The van der Waals surface area contributed by atoms with E-state index < -0.39 is 4.92 Å². The molecule has 37 heavy (non-hydrogen) atoms. The molecule has 1 aromatic carbocycles. The molecule has 0 bridgehead atoms. The van der Waals surface area contributed by atoms with Gasteiger partial charge in [-0.05, 0) is 25.2 Å². The Hall–Kier alpha value is -4.00. The van der Waals surface area contributed by atoms with Gasteiger partial charge in [0.2, 0.25) is 5.95 Å². The van der Waals surface area contributed by atoms with Gasteiger partial charge in [0.25, 0.3) is 5.88 Å². The van der Waals surface area contributed by atoms with Crippen LogP contribution in [0.5, 0.6) is 5.88 Å². The number of aromatic amines is 1. The summed E-state index contributed by atoms with van der Waals surface area (Å²) in [4.78, 5) is 31.4. The van der Waals surface area contributed by atoms with E-state index in [2.05, 4.69) is 40.9 Å². The molecule has 0 atom stereocenters. The van der Waals surface area contributed by atoms with Crippen molar-refractivity contribution in [2.24, 2.45) is 0 Å². The predicted octanol–water partition coefficient (Wildman–Crippen LogP) is 4.27. The summed E-state index contributed by atoms with van der Waals surface area (Å²) < 4.78 is 5.38. The minimum Gasteiger partial charge on any atom is -0.471 e. The van der Waals surface area contributed by atoms with Crippen molar-refractivity contribution >= 4 is 40.5 Å². The van der Waals surface area contributed by atoms with Crippen LogP contribution >= 0.6 is 23.2 Å². The summed E-state index contributed by atoms with van der Waals surface area (Å²) in [5, 5.41) is 21.5. The number of H-pyrrole nitrogens is 1. The molecule has 12 nitrogen and oxygen atoms in total. The van der Waals surface area contributed by atoms with Gasteiger partial charge in [0.05, 0.1) is 33.1 Å². The molecule has 0 unspecified atom stereocenters. The first-order valence-corrected chi connectivity index (χ1v) is 11.9. The summed E-state index contributed by atoms with van der Waals surface area (Å²) in [6.45, 7) is 1.64. The van der Waals surface area contributed by atoms with E-state index in [1.165, 1.54) is 12.3 Å². The minimum atomic E-state index is -0.525. The molecule has 3 heterocycles. The van der Waals surface area contributed by atoms with Crippen LogP contribution in [0.2, 0.25) is 10.0 Å². The zero-order chi connectivity index (χ0) is 26.2. The van der Waals surface area contributed by atoms with E-state index in [0.717, 1.165) is 0 Å². The maximum Gasteiger partial charge on any atom is 0.333 e. The first kappa shape index (κ1) is 26.1. The molecule has 0 spiro atoms. The predicted molar refractivity (Wildman–Crippen MR) is 142 cm³/mol. The van der Waals surface area contributed by atoms with Gasteiger partial charge in [-0.3, -0.25) is 10.1 Å². The molecule has 4 N–H and O–H groups in total. The van der Waals surface area contributed by atoms with Crippen molar-refractivity contribution in [1.82, 2.24) is 30.2 Å². The zero-order valence-electron chi connectivity index (χ0n) is 19.7. The van der Waals surface area contributed by atoms with E-state index in [0.29, 0.717) is 64.0 Å². The molecule has 0 aliphatic rings. The fourth-order valence-electron chi connectivity index (χ4n) is 3.35.